The summed E-state index contributed by atoms with van der Waals surface area (Å²) in [4.78, 5) is 44.2. The van der Waals surface area contributed by atoms with E-state index in [2.05, 4.69) is 20.5 Å². The molecule has 0 unspecified atom stereocenters. The van der Waals surface area contributed by atoms with Crippen molar-refractivity contribution in [3.05, 3.63) is 117 Å². The van der Waals surface area contributed by atoms with Gasteiger partial charge in [0, 0.05) is 37.2 Å². The number of nitrogens with zero attached hydrogens (tertiary/aromatic N) is 4. The number of pyridine rings is 1. The molecule has 0 radical (unpaired) electrons. The van der Waals surface area contributed by atoms with Crippen molar-refractivity contribution in [3.8, 4) is 5.69 Å². The van der Waals surface area contributed by atoms with Crippen molar-refractivity contribution in [3.63, 3.8) is 0 Å². The highest BCUT2D eigenvalue weighted by molar-refractivity contribution is 7.94. The average molecular weight is 545 g/mol. The van der Waals surface area contributed by atoms with E-state index >= 15 is 0 Å². The molecular weight excluding hydrogens is 520 g/mol. The molecule has 5 rings (SSSR count). The molecule has 0 spiro atoms. The van der Waals surface area contributed by atoms with Gasteiger partial charge in [0.1, 0.15) is 5.56 Å². The molecule has 0 saturated heterocycles. The zero-order valence-electron chi connectivity index (χ0n) is 20.6. The Hall–Kier alpha value is -4.84. The minimum absolute atomic E-state index is 0.0941. The quantitative estimate of drug-likeness (QED) is 0.361. The molecule has 11 nitrogen and oxygen atoms in total. The Morgan fingerprint density at radius 3 is 2.51 bits per heavy atom. The Morgan fingerprint density at radius 1 is 1.05 bits per heavy atom. The lowest BCUT2D eigenvalue weighted by Gasteiger charge is -2.28. The number of aromatic amines is 1. The van der Waals surface area contributed by atoms with Crippen molar-refractivity contribution >= 4 is 21.7 Å². The van der Waals surface area contributed by atoms with Gasteiger partial charge in [-0.25, -0.2) is 8.42 Å². The molecular formula is C27H24N6O5S. The van der Waals surface area contributed by atoms with Crippen molar-refractivity contribution < 1.29 is 18.0 Å². The van der Waals surface area contributed by atoms with Gasteiger partial charge >= 0.3 is 0 Å². The predicted octanol–water partition coefficient (Wildman–Crippen LogP) is 1.87. The standard InChI is InChI=1S/C27H24N6O5S/c34-25(28-13-7-15-39(37,38)21-10-5-2-6-11-21)22-16-19-18-32(14-12-23(19)30-26(22)35)27(36)24-17-29-33(31-24)20-8-3-1-4-9-20/h1-11,15-17H,12-14,18H2,(H,28,34)(H,30,35)/b15-7+. The number of hydrogen-bond donors (Lipinski definition) is 2. The molecule has 2 aromatic heterocycles. The van der Waals surface area contributed by atoms with Gasteiger partial charge in [0.25, 0.3) is 17.4 Å². The third-order valence-electron chi connectivity index (χ3n) is 6.17. The molecule has 0 bridgehead atoms. The maximum absolute atomic E-state index is 13.1. The highest BCUT2D eigenvalue weighted by Gasteiger charge is 2.26. The first-order valence-electron chi connectivity index (χ1n) is 12.1. The Balaban J connectivity index is 1.25. The van der Waals surface area contributed by atoms with E-state index in [0.717, 1.165) is 11.1 Å². The smallest absolute Gasteiger partial charge is 0.276 e. The van der Waals surface area contributed by atoms with E-state index in [1.54, 1.807) is 23.1 Å². The largest absolute Gasteiger partial charge is 0.348 e. The van der Waals surface area contributed by atoms with Gasteiger partial charge in [0.2, 0.25) is 0 Å². The van der Waals surface area contributed by atoms with Crippen LogP contribution in [0.5, 0.6) is 0 Å². The number of H-pyrrole nitrogens is 1. The molecule has 198 valence electrons. The van der Waals surface area contributed by atoms with E-state index in [1.165, 1.54) is 35.3 Å². The van der Waals surface area contributed by atoms with Crippen LogP contribution in [-0.2, 0) is 22.8 Å². The molecule has 2 N–H and O–H groups in total. The molecule has 0 fully saturated rings. The van der Waals surface area contributed by atoms with Crippen LogP contribution in [0.2, 0.25) is 0 Å². The first-order chi connectivity index (χ1) is 18.8. The monoisotopic (exact) mass is 544 g/mol. The van der Waals surface area contributed by atoms with Crippen LogP contribution < -0.4 is 10.9 Å². The van der Waals surface area contributed by atoms with Crippen LogP contribution in [0, 0.1) is 0 Å². The molecule has 39 heavy (non-hydrogen) atoms. The molecule has 4 aromatic rings. The summed E-state index contributed by atoms with van der Waals surface area (Å²) in [6.45, 7) is 0.452. The van der Waals surface area contributed by atoms with Crippen molar-refractivity contribution in [2.24, 2.45) is 0 Å². The van der Waals surface area contributed by atoms with Crippen molar-refractivity contribution in [2.75, 3.05) is 13.1 Å². The number of carbonyl (C=O) groups is 2. The zero-order chi connectivity index (χ0) is 27.4. The summed E-state index contributed by atoms with van der Waals surface area (Å²) in [6, 6.07) is 18.6. The second-order valence-electron chi connectivity index (χ2n) is 8.79. The van der Waals surface area contributed by atoms with Crippen molar-refractivity contribution in [1.82, 2.24) is 30.2 Å². The highest BCUT2D eigenvalue weighted by Crippen LogP contribution is 2.19. The number of nitrogens with one attached hydrogen (secondary N) is 2. The van der Waals surface area contributed by atoms with Gasteiger partial charge in [-0.3, -0.25) is 14.4 Å². The average Bonchev–Trinajstić information content (AvgIpc) is 3.46. The fraction of sp³-hybridized carbons (Fsp3) is 0.148. The first-order valence-corrected chi connectivity index (χ1v) is 13.6. The van der Waals surface area contributed by atoms with Gasteiger partial charge in [-0.15, -0.1) is 5.10 Å². The molecule has 0 atom stereocenters. The molecule has 0 aliphatic carbocycles. The van der Waals surface area contributed by atoms with E-state index in [4.69, 9.17) is 0 Å². The number of sulfone groups is 1. The number of amides is 2. The maximum atomic E-state index is 13.1. The normalized spacial score (nSPS) is 13.3. The minimum atomic E-state index is -3.64. The summed E-state index contributed by atoms with van der Waals surface area (Å²) < 4.78 is 24.7. The third-order valence-corrected chi connectivity index (χ3v) is 7.65. The fourth-order valence-corrected chi connectivity index (χ4v) is 5.21. The third kappa shape index (κ3) is 5.70. The lowest BCUT2D eigenvalue weighted by Crippen LogP contribution is -2.38. The van der Waals surface area contributed by atoms with Gasteiger partial charge in [0.15, 0.2) is 15.5 Å². The number of carbonyl (C=O) groups excluding carboxylic acids is 2. The molecule has 1 aliphatic heterocycles. The Labute approximate surface area is 223 Å². The van der Waals surface area contributed by atoms with E-state index in [0.29, 0.717) is 24.2 Å². The first kappa shape index (κ1) is 25.8. The number of para-hydroxylation sites is 1. The van der Waals surface area contributed by atoms with Crippen LogP contribution >= 0.6 is 0 Å². The van der Waals surface area contributed by atoms with E-state index in [1.807, 2.05) is 30.3 Å². The Kier molecular flexibility index (Phi) is 7.19. The summed E-state index contributed by atoms with van der Waals surface area (Å²) in [6.07, 6.45) is 3.11. The SMILES string of the molecule is O=C(NC/C=C/S(=O)(=O)c1ccccc1)c1cc2c([nH]c1=O)CCN(C(=O)c1cnn(-c3ccccc3)n1)C2. The summed E-state index contributed by atoms with van der Waals surface area (Å²) in [5, 5.41) is 12.0. The van der Waals surface area contributed by atoms with E-state index in [-0.39, 0.29) is 35.1 Å². The molecule has 1 aliphatic rings. The van der Waals surface area contributed by atoms with Gasteiger partial charge in [-0.05, 0) is 35.9 Å². The van der Waals surface area contributed by atoms with Gasteiger partial charge in [-0.1, -0.05) is 42.5 Å². The number of hydrogen-bond acceptors (Lipinski definition) is 7. The number of rotatable bonds is 7. The van der Waals surface area contributed by atoms with Gasteiger partial charge in [0.05, 0.1) is 16.8 Å². The van der Waals surface area contributed by atoms with Crippen LogP contribution in [0.1, 0.15) is 32.1 Å². The summed E-state index contributed by atoms with van der Waals surface area (Å²) in [5.74, 6) is -0.972. The highest BCUT2D eigenvalue weighted by atomic mass is 32.2. The van der Waals surface area contributed by atoms with Crippen LogP contribution in [0.4, 0.5) is 0 Å². The fourth-order valence-electron chi connectivity index (χ4n) is 4.17. The van der Waals surface area contributed by atoms with Crippen LogP contribution in [-0.4, -0.2) is 58.2 Å². The lowest BCUT2D eigenvalue weighted by molar-refractivity contribution is 0.0727. The molecule has 3 heterocycles. The summed E-state index contributed by atoms with van der Waals surface area (Å²) in [5.41, 5.74) is 1.51. The second-order valence-corrected chi connectivity index (χ2v) is 10.6. The van der Waals surface area contributed by atoms with E-state index in [9.17, 15) is 22.8 Å². The molecule has 2 amide bonds. The topological polar surface area (TPSA) is 147 Å². The number of fused-ring (bicyclic) bond motifs is 1. The summed E-state index contributed by atoms with van der Waals surface area (Å²) >= 11 is 0. The number of aromatic nitrogens is 4. The van der Waals surface area contributed by atoms with Gasteiger partial charge < -0.3 is 15.2 Å². The van der Waals surface area contributed by atoms with E-state index < -0.39 is 21.3 Å². The summed E-state index contributed by atoms with van der Waals surface area (Å²) in [7, 11) is -3.64. The Bertz CT molecular complexity index is 1710. The minimum Gasteiger partial charge on any atom is -0.348 e. The van der Waals surface area contributed by atoms with Gasteiger partial charge in [-0.2, -0.15) is 9.90 Å². The molecule has 2 aromatic carbocycles. The van der Waals surface area contributed by atoms with Crippen LogP contribution in [0.3, 0.4) is 0 Å². The lowest BCUT2D eigenvalue weighted by atomic mass is 10.0. The van der Waals surface area contributed by atoms with Crippen molar-refractivity contribution in [2.45, 2.75) is 17.9 Å². The number of benzene rings is 2. The Morgan fingerprint density at radius 2 is 1.77 bits per heavy atom. The molecule has 0 saturated carbocycles. The van der Waals surface area contributed by atoms with Crippen LogP contribution in [0.25, 0.3) is 5.69 Å². The second kappa shape index (κ2) is 10.9. The predicted molar refractivity (Wildman–Crippen MR) is 142 cm³/mol. The molecule has 12 heteroatoms. The maximum Gasteiger partial charge on any atom is 0.276 e. The van der Waals surface area contributed by atoms with Crippen molar-refractivity contribution in [1.29, 1.82) is 0 Å². The van der Waals surface area contributed by atoms with Crippen LogP contribution in [0.15, 0.2) is 94.1 Å². The zero-order valence-corrected chi connectivity index (χ0v) is 21.5.